The molecule has 1 unspecified atom stereocenters. The number of carbonyl (C=O) groups excluding carboxylic acids is 1. The smallest absolute Gasteiger partial charge is 0.222 e. The number of ether oxygens (including phenoxy) is 2. The van der Waals surface area contributed by atoms with Gasteiger partial charge in [-0.3, -0.25) is 4.79 Å². The molecule has 0 aliphatic carbocycles. The summed E-state index contributed by atoms with van der Waals surface area (Å²) in [6.45, 7) is 1.13. The maximum atomic E-state index is 11.5. The molecule has 0 aliphatic heterocycles. The van der Waals surface area contributed by atoms with Gasteiger partial charge < -0.3 is 19.5 Å². The molecule has 0 fully saturated rings. The summed E-state index contributed by atoms with van der Waals surface area (Å²) < 4.78 is 9.63. The van der Waals surface area contributed by atoms with Gasteiger partial charge in [-0.05, 0) is 6.42 Å². The van der Waals surface area contributed by atoms with Crippen LogP contribution in [0.4, 0.5) is 0 Å². The third-order valence-electron chi connectivity index (χ3n) is 2.01. The monoisotopic (exact) mass is 219 g/mol. The molecule has 0 aliphatic rings. The third-order valence-corrected chi connectivity index (χ3v) is 2.01. The highest BCUT2D eigenvalue weighted by Crippen LogP contribution is 1.98. The Bertz CT molecular complexity index is 175. The van der Waals surface area contributed by atoms with Crippen LogP contribution in [0.2, 0.25) is 0 Å². The minimum absolute atomic E-state index is 0.0159. The molecular formula is C10H21NO4. The largest absolute Gasteiger partial charge is 0.389 e. The van der Waals surface area contributed by atoms with Gasteiger partial charge >= 0.3 is 0 Å². The minimum Gasteiger partial charge on any atom is -0.389 e. The summed E-state index contributed by atoms with van der Waals surface area (Å²) >= 11 is 0. The van der Waals surface area contributed by atoms with E-state index >= 15 is 0 Å². The standard InChI is InChI=1S/C10H21NO4/c1-11(7-9(12)8-15-3)10(13)5-4-6-14-2/h9,12H,4-8H2,1-3H3. The summed E-state index contributed by atoms with van der Waals surface area (Å²) in [5, 5.41) is 9.40. The van der Waals surface area contributed by atoms with Gasteiger partial charge in [-0.1, -0.05) is 0 Å². The Hall–Kier alpha value is -0.650. The zero-order chi connectivity index (χ0) is 11.7. The molecule has 0 bridgehead atoms. The highest BCUT2D eigenvalue weighted by atomic mass is 16.5. The Balaban J connectivity index is 3.68. The van der Waals surface area contributed by atoms with Crippen molar-refractivity contribution < 1.29 is 19.4 Å². The normalized spacial score (nSPS) is 12.5. The Morgan fingerprint density at radius 2 is 2.07 bits per heavy atom. The number of hydrogen-bond donors (Lipinski definition) is 1. The number of methoxy groups -OCH3 is 2. The second-order valence-corrected chi connectivity index (χ2v) is 3.48. The van der Waals surface area contributed by atoms with Crippen LogP contribution >= 0.6 is 0 Å². The SMILES string of the molecule is COCCCC(=O)N(C)CC(O)COC. The summed E-state index contributed by atoms with van der Waals surface area (Å²) in [6, 6.07) is 0. The van der Waals surface area contributed by atoms with Crippen LogP contribution in [0.1, 0.15) is 12.8 Å². The van der Waals surface area contributed by atoms with Crippen LogP contribution in [0.3, 0.4) is 0 Å². The molecule has 5 nitrogen and oxygen atoms in total. The number of aliphatic hydroxyl groups excluding tert-OH is 1. The van der Waals surface area contributed by atoms with Gasteiger partial charge in [0.2, 0.25) is 5.91 Å². The van der Waals surface area contributed by atoms with Gasteiger partial charge in [0.1, 0.15) is 0 Å². The number of likely N-dealkylation sites (N-methyl/N-ethyl adjacent to an activating group) is 1. The topological polar surface area (TPSA) is 59.0 Å². The zero-order valence-electron chi connectivity index (χ0n) is 9.73. The van der Waals surface area contributed by atoms with E-state index in [0.29, 0.717) is 26.0 Å². The lowest BCUT2D eigenvalue weighted by molar-refractivity contribution is -0.131. The molecule has 5 heteroatoms. The van der Waals surface area contributed by atoms with Crippen molar-refractivity contribution in [1.82, 2.24) is 4.90 Å². The second-order valence-electron chi connectivity index (χ2n) is 3.48. The average Bonchev–Trinajstić information content (AvgIpc) is 2.18. The summed E-state index contributed by atoms with van der Waals surface area (Å²) in [4.78, 5) is 13.0. The van der Waals surface area contributed by atoms with Crippen LogP contribution in [0.5, 0.6) is 0 Å². The summed E-state index contributed by atoms with van der Waals surface area (Å²) in [7, 11) is 4.80. The van der Waals surface area contributed by atoms with Crippen molar-refractivity contribution in [3.8, 4) is 0 Å². The zero-order valence-corrected chi connectivity index (χ0v) is 9.73. The Morgan fingerprint density at radius 1 is 1.40 bits per heavy atom. The molecule has 1 atom stereocenters. The second kappa shape index (κ2) is 8.64. The first kappa shape index (κ1) is 14.3. The molecule has 0 saturated heterocycles. The van der Waals surface area contributed by atoms with Gasteiger partial charge in [-0.2, -0.15) is 0 Å². The molecule has 0 aromatic heterocycles. The van der Waals surface area contributed by atoms with E-state index in [9.17, 15) is 9.90 Å². The fourth-order valence-electron chi connectivity index (χ4n) is 1.22. The van der Waals surface area contributed by atoms with E-state index in [-0.39, 0.29) is 12.5 Å². The lowest BCUT2D eigenvalue weighted by Crippen LogP contribution is -2.36. The first-order chi connectivity index (χ1) is 7.11. The minimum atomic E-state index is -0.619. The van der Waals surface area contributed by atoms with Crippen molar-refractivity contribution in [1.29, 1.82) is 0 Å². The average molecular weight is 219 g/mol. The Morgan fingerprint density at radius 3 is 2.60 bits per heavy atom. The predicted octanol–water partition coefficient (Wildman–Crippen LogP) is -0.121. The number of rotatable bonds is 8. The molecule has 0 saturated carbocycles. The molecule has 1 N–H and O–H groups in total. The van der Waals surface area contributed by atoms with Gasteiger partial charge in [0, 0.05) is 40.8 Å². The van der Waals surface area contributed by atoms with E-state index in [1.165, 1.54) is 12.0 Å². The van der Waals surface area contributed by atoms with Crippen LogP contribution in [0, 0.1) is 0 Å². The van der Waals surface area contributed by atoms with Gasteiger partial charge in [0.15, 0.2) is 0 Å². The van der Waals surface area contributed by atoms with Crippen molar-refractivity contribution in [3.63, 3.8) is 0 Å². The van der Waals surface area contributed by atoms with Crippen LogP contribution < -0.4 is 0 Å². The molecule has 0 radical (unpaired) electrons. The molecule has 0 aromatic rings. The highest BCUT2D eigenvalue weighted by molar-refractivity contribution is 5.75. The van der Waals surface area contributed by atoms with Crippen LogP contribution in [-0.2, 0) is 14.3 Å². The van der Waals surface area contributed by atoms with Crippen LogP contribution in [-0.4, -0.2) is 63.0 Å². The predicted molar refractivity (Wildman–Crippen MR) is 56.6 cm³/mol. The Kier molecular flexibility index (Phi) is 8.27. The quantitative estimate of drug-likeness (QED) is 0.578. The molecule has 0 spiro atoms. The van der Waals surface area contributed by atoms with Gasteiger partial charge in [-0.15, -0.1) is 0 Å². The summed E-state index contributed by atoms with van der Waals surface area (Å²) in [5.74, 6) is 0.0159. The van der Waals surface area contributed by atoms with E-state index in [0.717, 1.165) is 0 Å². The summed E-state index contributed by atoms with van der Waals surface area (Å²) in [6.07, 6.45) is 0.538. The first-order valence-corrected chi connectivity index (χ1v) is 5.01. The number of nitrogens with zero attached hydrogens (tertiary/aromatic N) is 1. The van der Waals surface area contributed by atoms with Crippen LogP contribution in [0.25, 0.3) is 0 Å². The first-order valence-electron chi connectivity index (χ1n) is 5.01. The lowest BCUT2D eigenvalue weighted by atomic mass is 10.2. The van der Waals surface area contributed by atoms with Gasteiger partial charge in [-0.25, -0.2) is 0 Å². The third kappa shape index (κ3) is 7.30. The number of amides is 1. The van der Waals surface area contributed by atoms with Crippen molar-refractivity contribution in [3.05, 3.63) is 0 Å². The maximum Gasteiger partial charge on any atom is 0.222 e. The van der Waals surface area contributed by atoms with E-state index in [1.54, 1.807) is 14.2 Å². The number of aliphatic hydroxyl groups is 1. The van der Waals surface area contributed by atoms with E-state index < -0.39 is 6.10 Å². The highest BCUT2D eigenvalue weighted by Gasteiger charge is 2.12. The molecule has 1 amide bonds. The van der Waals surface area contributed by atoms with Crippen molar-refractivity contribution >= 4 is 5.91 Å². The van der Waals surface area contributed by atoms with E-state index in [4.69, 9.17) is 9.47 Å². The molecule has 0 rings (SSSR count). The number of hydrogen-bond acceptors (Lipinski definition) is 4. The number of carbonyl (C=O) groups is 1. The molecular weight excluding hydrogens is 198 g/mol. The van der Waals surface area contributed by atoms with Gasteiger partial charge in [0.05, 0.1) is 12.7 Å². The van der Waals surface area contributed by atoms with Crippen LogP contribution in [0.15, 0.2) is 0 Å². The molecule has 15 heavy (non-hydrogen) atoms. The maximum absolute atomic E-state index is 11.5. The van der Waals surface area contributed by atoms with Crippen molar-refractivity contribution in [2.24, 2.45) is 0 Å². The molecule has 90 valence electrons. The fourth-order valence-corrected chi connectivity index (χ4v) is 1.22. The van der Waals surface area contributed by atoms with Gasteiger partial charge in [0.25, 0.3) is 0 Å². The van der Waals surface area contributed by atoms with E-state index in [1.807, 2.05) is 0 Å². The fraction of sp³-hybridized carbons (Fsp3) is 0.900. The lowest BCUT2D eigenvalue weighted by Gasteiger charge is -2.20. The molecule has 0 aromatic carbocycles. The van der Waals surface area contributed by atoms with Crippen molar-refractivity contribution in [2.45, 2.75) is 18.9 Å². The van der Waals surface area contributed by atoms with E-state index in [2.05, 4.69) is 0 Å². The summed E-state index contributed by atoms with van der Waals surface area (Å²) in [5.41, 5.74) is 0. The van der Waals surface area contributed by atoms with Crippen molar-refractivity contribution in [2.75, 3.05) is 41.0 Å². The molecule has 0 heterocycles. The Labute approximate surface area is 91.0 Å².